The molecule has 4 aromatic rings. The number of hydrogen-bond donors (Lipinski definition) is 2. The summed E-state index contributed by atoms with van der Waals surface area (Å²) in [7, 11) is 1.55. The zero-order valence-corrected chi connectivity index (χ0v) is 22.9. The fourth-order valence-corrected chi connectivity index (χ4v) is 4.46. The fraction of sp³-hybridized carbons (Fsp3) is 0.290. The Kier molecular flexibility index (Phi) is 10.1. The van der Waals surface area contributed by atoms with Crippen molar-refractivity contribution >= 4 is 28.5 Å². The summed E-state index contributed by atoms with van der Waals surface area (Å²) in [5.74, 6) is -0.0169. The highest BCUT2D eigenvalue weighted by Crippen LogP contribution is 2.24. The van der Waals surface area contributed by atoms with Crippen LogP contribution in [0.5, 0.6) is 5.75 Å². The van der Waals surface area contributed by atoms with Crippen molar-refractivity contribution in [2.75, 3.05) is 45.3 Å². The van der Waals surface area contributed by atoms with E-state index >= 15 is 0 Å². The van der Waals surface area contributed by atoms with Gasteiger partial charge in [0.25, 0.3) is 0 Å². The summed E-state index contributed by atoms with van der Waals surface area (Å²) in [6.07, 6.45) is 2.57. The number of aromatic amines is 1. The average molecular weight is 547 g/mol. The van der Waals surface area contributed by atoms with Gasteiger partial charge in [-0.25, -0.2) is 9.18 Å². The van der Waals surface area contributed by atoms with Crippen LogP contribution in [0.2, 0.25) is 0 Å². The summed E-state index contributed by atoms with van der Waals surface area (Å²) in [4.78, 5) is 33.4. The molecule has 0 aliphatic rings. The zero-order valence-electron chi connectivity index (χ0n) is 22.9. The maximum Gasteiger partial charge on any atom is 0.322 e. The molecule has 9 heteroatoms. The zero-order chi connectivity index (χ0) is 28.3. The van der Waals surface area contributed by atoms with Gasteiger partial charge in [0.1, 0.15) is 18.1 Å². The quantitative estimate of drug-likeness (QED) is 0.233. The number of carbonyl (C=O) groups is 2. The normalized spacial score (nSPS) is 10.9. The van der Waals surface area contributed by atoms with Gasteiger partial charge in [-0.3, -0.25) is 4.79 Å². The molecular weight excluding hydrogens is 511 g/mol. The molecule has 0 saturated heterocycles. The Balaban J connectivity index is 1.51. The third-order valence-electron chi connectivity index (χ3n) is 6.57. The maximum atomic E-state index is 13.7. The lowest BCUT2D eigenvalue weighted by atomic mass is 10.1. The summed E-state index contributed by atoms with van der Waals surface area (Å²) < 4.78 is 24.4. The number of nitrogens with zero attached hydrogens (tertiary/aromatic N) is 2. The van der Waals surface area contributed by atoms with Crippen molar-refractivity contribution < 1.29 is 23.5 Å². The van der Waals surface area contributed by atoms with E-state index in [0.29, 0.717) is 31.0 Å². The Morgan fingerprint density at radius 1 is 0.950 bits per heavy atom. The maximum absolute atomic E-state index is 13.7. The minimum atomic E-state index is -0.434. The van der Waals surface area contributed by atoms with Crippen LogP contribution in [0.15, 0.2) is 79.0 Å². The van der Waals surface area contributed by atoms with Crippen molar-refractivity contribution in [3.05, 3.63) is 95.9 Å². The van der Waals surface area contributed by atoms with Gasteiger partial charge in [0.15, 0.2) is 0 Å². The SMILES string of the molecule is CCOc1ccccc1NC(=O)N(CCOC)CC(=O)N(CCc1c[nH]c2ccccc12)Cc1ccc(F)cc1. The summed E-state index contributed by atoms with van der Waals surface area (Å²) in [5.41, 5.74) is 3.44. The molecule has 1 aromatic heterocycles. The average Bonchev–Trinajstić information content (AvgIpc) is 3.38. The lowest BCUT2D eigenvalue weighted by Crippen LogP contribution is -2.46. The molecule has 4 rings (SSSR count). The summed E-state index contributed by atoms with van der Waals surface area (Å²) >= 11 is 0. The number of H-pyrrole nitrogens is 1. The van der Waals surface area contributed by atoms with E-state index in [4.69, 9.17) is 9.47 Å². The standard InChI is InChI=1S/C31H35FN4O4/c1-3-40-29-11-7-6-10-28(29)34-31(38)36(18-19-39-2)22-30(37)35(21-23-12-14-25(32)15-13-23)17-16-24-20-33-27-9-5-4-8-26(24)27/h4-15,20,33H,3,16-19,21-22H2,1-2H3,(H,34,38). The first-order valence-corrected chi connectivity index (χ1v) is 13.3. The Bertz CT molecular complexity index is 1410. The number of urea groups is 1. The molecular formula is C31H35FN4O4. The molecule has 8 nitrogen and oxygen atoms in total. The highest BCUT2D eigenvalue weighted by Gasteiger charge is 2.23. The number of halogens is 1. The van der Waals surface area contributed by atoms with Crippen LogP contribution in [0, 0.1) is 5.82 Å². The van der Waals surface area contributed by atoms with Gasteiger partial charge >= 0.3 is 6.03 Å². The molecule has 0 atom stereocenters. The summed E-state index contributed by atoms with van der Waals surface area (Å²) in [6.45, 7) is 3.36. The van der Waals surface area contributed by atoms with E-state index in [9.17, 15) is 14.0 Å². The van der Waals surface area contributed by atoms with Gasteiger partial charge in [-0.15, -0.1) is 0 Å². The van der Waals surface area contributed by atoms with Crippen LogP contribution < -0.4 is 10.1 Å². The highest BCUT2D eigenvalue weighted by atomic mass is 19.1. The van der Waals surface area contributed by atoms with Crippen molar-refractivity contribution in [3.8, 4) is 5.75 Å². The van der Waals surface area contributed by atoms with Gasteiger partial charge in [-0.05, 0) is 54.8 Å². The monoisotopic (exact) mass is 546 g/mol. The van der Waals surface area contributed by atoms with Crippen molar-refractivity contribution in [2.24, 2.45) is 0 Å². The third kappa shape index (κ3) is 7.60. The van der Waals surface area contributed by atoms with E-state index in [1.165, 1.54) is 17.0 Å². The van der Waals surface area contributed by atoms with Crippen molar-refractivity contribution in [1.29, 1.82) is 0 Å². The number of carbonyl (C=O) groups excluding carboxylic acids is 2. The molecule has 0 radical (unpaired) electrons. The van der Waals surface area contributed by atoms with Gasteiger partial charge in [-0.2, -0.15) is 0 Å². The van der Waals surface area contributed by atoms with Crippen LogP contribution in [-0.4, -0.2) is 66.7 Å². The molecule has 0 saturated carbocycles. The molecule has 3 aromatic carbocycles. The lowest BCUT2D eigenvalue weighted by molar-refractivity contribution is -0.132. The second-order valence-electron chi connectivity index (χ2n) is 9.32. The Labute approximate surface area is 233 Å². The first kappa shape index (κ1) is 28.6. The first-order valence-electron chi connectivity index (χ1n) is 13.3. The second-order valence-corrected chi connectivity index (χ2v) is 9.32. The number of hydrogen-bond acceptors (Lipinski definition) is 4. The Hall–Kier alpha value is -4.37. The van der Waals surface area contributed by atoms with Gasteiger partial charge < -0.3 is 29.6 Å². The van der Waals surface area contributed by atoms with E-state index in [0.717, 1.165) is 22.0 Å². The molecule has 0 aliphatic carbocycles. The summed E-state index contributed by atoms with van der Waals surface area (Å²) in [5, 5.41) is 3.97. The summed E-state index contributed by atoms with van der Waals surface area (Å²) in [6, 6.07) is 20.8. The topological polar surface area (TPSA) is 86.9 Å². The number of amides is 3. The van der Waals surface area contributed by atoms with Gasteiger partial charge in [-0.1, -0.05) is 42.5 Å². The molecule has 1 heterocycles. The predicted molar refractivity (Wildman–Crippen MR) is 154 cm³/mol. The lowest BCUT2D eigenvalue weighted by Gasteiger charge is -2.28. The molecule has 0 unspecified atom stereocenters. The minimum absolute atomic E-state index is 0.152. The molecule has 210 valence electrons. The van der Waals surface area contributed by atoms with Crippen LogP contribution in [-0.2, 0) is 22.5 Å². The molecule has 40 heavy (non-hydrogen) atoms. The van der Waals surface area contributed by atoms with E-state index in [1.54, 1.807) is 42.3 Å². The molecule has 0 spiro atoms. The number of ether oxygens (including phenoxy) is 2. The van der Waals surface area contributed by atoms with Crippen molar-refractivity contribution in [2.45, 2.75) is 19.9 Å². The van der Waals surface area contributed by atoms with E-state index < -0.39 is 6.03 Å². The number of benzene rings is 3. The number of para-hydroxylation sites is 3. The van der Waals surface area contributed by atoms with Gasteiger partial charge in [0.2, 0.25) is 5.91 Å². The minimum Gasteiger partial charge on any atom is -0.492 e. The van der Waals surface area contributed by atoms with Gasteiger partial charge in [0, 0.05) is 43.8 Å². The van der Waals surface area contributed by atoms with Crippen LogP contribution >= 0.6 is 0 Å². The number of anilines is 1. The Morgan fingerprint density at radius 3 is 2.48 bits per heavy atom. The number of fused-ring (bicyclic) bond motifs is 1. The van der Waals surface area contributed by atoms with E-state index in [1.807, 2.05) is 43.5 Å². The number of methoxy groups -OCH3 is 1. The second kappa shape index (κ2) is 14.1. The van der Waals surface area contributed by atoms with Crippen LogP contribution in [0.4, 0.5) is 14.9 Å². The van der Waals surface area contributed by atoms with E-state index in [-0.39, 0.29) is 38.0 Å². The van der Waals surface area contributed by atoms with E-state index in [2.05, 4.69) is 10.3 Å². The largest absolute Gasteiger partial charge is 0.492 e. The molecule has 0 bridgehead atoms. The highest BCUT2D eigenvalue weighted by molar-refractivity contribution is 5.93. The van der Waals surface area contributed by atoms with Crippen LogP contribution in [0.1, 0.15) is 18.1 Å². The van der Waals surface area contributed by atoms with Crippen LogP contribution in [0.3, 0.4) is 0 Å². The van der Waals surface area contributed by atoms with Crippen molar-refractivity contribution in [3.63, 3.8) is 0 Å². The van der Waals surface area contributed by atoms with Crippen LogP contribution in [0.25, 0.3) is 10.9 Å². The van der Waals surface area contributed by atoms with Crippen molar-refractivity contribution in [1.82, 2.24) is 14.8 Å². The predicted octanol–water partition coefficient (Wildman–Crippen LogP) is 5.46. The molecule has 3 amide bonds. The number of rotatable bonds is 13. The number of aromatic nitrogens is 1. The third-order valence-corrected chi connectivity index (χ3v) is 6.57. The Morgan fingerprint density at radius 2 is 1.70 bits per heavy atom. The number of nitrogens with one attached hydrogen (secondary N) is 2. The molecule has 0 fully saturated rings. The molecule has 2 N–H and O–H groups in total. The smallest absolute Gasteiger partial charge is 0.322 e. The first-order chi connectivity index (χ1) is 19.5. The van der Waals surface area contributed by atoms with Gasteiger partial charge in [0.05, 0.1) is 18.9 Å². The molecule has 0 aliphatic heterocycles. The fourth-order valence-electron chi connectivity index (χ4n) is 4.46.